The van der Waals surface area contributed by atoms with Gasteiger partial charge in [0.05, 0.1) is 23.2 Å². The van der Waals surface area contributed by atoms with Gasteiger partial charge in [-0.15, -0.1) is 11.3 Å². The minimum absolute atomic E-state index is 0.0519. The van der Waals surface area contributed by atoms with Crippen molar-refractivity contribution in [2.75, 3.05) is 26.3 Å². The first kappa shape index (κ1) is 16.4. The van der Waals surface area contributed by atoms with Gasteiger partial charge in [0.2, 0.25) is 5.88 Å². The van der Waals surface area contributed by atoms with Crippen molar-refractivity contribution in [3.05, 3.63) is 40.2 Å². The van der Waals surface area contributed by atoms with Crippen molar-refractivity contribution < 1.29 is 9.47 Å². The van der Waals surface area contributed by atoms with E-state index >= 15 is 0 Å². The van der Waals surface area contributed by atoms with Crippen LogP contribution in [0.5, 0.6) is 5.88 Å². The number of morpholine rings is 1. The predicted octanol–water partition coefficient (Wildman–Crippen LogP) is 3.34. The van der Waals surface area contributed by atoms with Gasteiger partial charge in [0.1, 0.15) is 12.7 Å². The largest absolute Gasteiger partial charge is 0.474 e. The number of fused-ring (bicyclic) bond motifs is 1. The lowest BCUT2D eigenvalue weighted by molar-refractivity contribution is -0.000365. The maximum atomic E-state index is 6.05. The molecule has 0 unspecified atom stereocenters. The molecule has 1 fully saturated rings. The molecule has 1 saturated heterocycles. The molecular weight excluding hydrogens is 334 g/mol. The summed E-state index contributed by atoms with van der Waals surface area (Å²) in [5.41, 5.74) is 2.95. The van der Waals surface area contributed by atoms with Gasteiger partial charge < -0.3 is 14.8 Å². The maximum absolute atomic E-state index is 6.05. The van der Waals surface area contributed by atoms with Crippen LogP contribution in [0, 0.1) is 13.8 Å². The van der Waals surface area contributed by atoms with E-state index < -0.39 is 0 Å². The SMILES string of the molecule is Cc1cc(-c2cc3ncccc3c(OC[C@@H]3CNCCO3)n2)c(C)s1. The van der Waals surface area contributed by atoms with Crippen molar-refractivity contribution in [2.24, 2.45) is 0 Å². The fourth-order valence-electron chi connectivity index (χ4n) is 3.08. The highest BCUT2D eigenvalue weighted by atomic mass is 32.1. The molecule has 1 aliphatic heterocycles. The second-order valence-electron chi connectivity index (χ2n) is 6.22. The molecular formula is C19H21N3O2S. The molecule has 4 rings (SSSR count). The third-order valence-electron chi connectivity index (χ3n) is 4.29. The summed E-state index contributed by atoms with van der Waals surface area (Å²) in [4.78, 5) is 11.8. The van der Waals surface area contributed by atoms with E-state index in [9.17, 15) is 0 Å². The molecule has 0 saturated carbocycles. The first-order valence-electron chi connectivity index (χ1n) is 8.49. The van der Waals surface area contributed by atoms with Crippen molar-refractivity contribution >= 4 is 22.2 Å². The van der Waals surface area contributed by atoms with Gasteiger partial charge in [-0.2, -0.15) is 0 Å². The monoisotopic (exact) mass is 355 g/mol. The summed E-state index contributed by atoms with van der Waals surface area (Å²) in [6.07, 6.45) is 1.85. The molecule has 3 aromatic heterocycles. The average molecular weight is 355 g/mol. The molecule has 0 radical (unpaired) electrons. The fraction of sp³-hybridized carbons (Fsp3) is 0.368. The number of aromatic nitrogens is 2. The molecule has 25 heavy (non-hydrogen) atoms. The molecule has 0 bridgehead atoms. The van der Waals surface area contributed by atoms with Crippen LogP contribution in [0.25, 0.3) is 22.2 Å². The number of rotatable bonds is 4. The van der Waals surface area contributed by atoms with Crippen LogP contribution >= 0.6 is 11.3 Å². The number of ether oxygens (including phenoxy) is 2. The Labute approximate surface area is 151 Å². The molecule has 1 N–H and O–H groups in total. The van der Waals surface area contributed by atoms with Crippen molar-refractivity contribution in [3.8, 4) is 17.1 Å². The van der Waals surface area contributed by atoms with Gasteiger partial charge in [0, 0.05) is 34.6 Å². The minimum Gasteiger partial charge on any atom is -0.474 e. The lowest BCUT2D eigenvalue weighted by Gasteiger charge is -2.23. The highest BCUT2D eigenvalue weighted by molar-refractivity contribution is 7.12. The van der Waals surface area contributed by atoms with Crippen LogP contribution in [0.4, 0.5) is 0 Å². The Morgan fingerprint density at radius 1 is 1.36 bits per heavy atom. The van der Waals surface area contributed by atoms with Crippen LogP contribution in [-0.4, -0.2) is 42.4 Å². The zero-order chi connectivity index (χ0) is 17.2. The second-order valence-corrected chi connectivity index (χ2v) is 7.68. The lowest BCUT2D eigenvalue weighted by atomic mass is 10.1. The first-order chi connectivity index (χ1) is 12.2. The summed E-state index contributed by atoms with van der Waals surface area (Å²) < 4.78 is 11.8. The number of thiophene rings is 1. The fourth-order valence-corrected chi connectivity index (χ4v) is 4.01. The molecule has 130 valence electrons. The van der Waals surface area contributed by atoms with Crippen molar-refractivity contribution in [3.63, 3.8) is 0 Å². The van der Waals surface area contributed by atoms with Crippen LogP contribution in [0.2, 0.25) is 0 Å². The van der Waals surface area contributed by atoms with Gasteiger partial charge in [0.25, 0.3) is 0 Å². The van der Waals surface area contributed by atoms with Crippen molar-refractivity contribution in [2.45, 2.75) is 20.0 Å². The van der Waals surface area contributed by atoms with E-state index in [1.807, 2.05) is 18.2 Å². The molecule has 1 atom stereocenters. The molecule has 0 amide bonds. The number of pyridine rings is 2. The van der Waals surface area contributed by atoms with E-state index in [1.165, 1.54) is 9.75 Å². The summed E-state index contributed by atoms with van der Waals surface area (Å²) in [5, 5.41) is 4.25. The Hall–Kier alpha value is -2.02. The summed E-state index contributed by atoms with van der Waals surface area (Å²) in [7, 11) is 0. The van der Waals surface area contributed by atoms with Gasteiger partial charge >= 0.3 is 0 Å². The van der Waals surface area contributed by atoms with Crippen molar-refractivity contribution in [1.29, 1.82) is 0 Å². The van der Waals surface area contributed by atoms with Gasteiger partial charge in [0.15, 0.2) is 0 Å². The van der Waals surface area contributed by atoms with E-state index in [0.29, 0.717) is 12.5 Å². The van der Waals surface area contributed by atoms with E-state index in [2.05, 4.69) is 30.2 Å². The topological polar surface area (TPSA) is 56.3 Å². The van der Waals surface area contributed by atoms with E-state index in [1.54, 1.807) is 17.5 Å². The molecule has 0 spiro atoms. The van der Waals surface area contributed by atoms with Crippen LogP contribution in [0.3, 0.4) is 0 Å². The molecule has 4 heterocycles. The third kappa shape index (κ3) is 3.51. The van der Waals surface area contributed by atoms with E-state index in [4.69, 9.17) is 14.5 Å². The zero-order valence-electron chi connectivity index (χ0n) is 14.4. The standard InChI is InChI=1S/C19H21N3O2S/c1-12-8-16(13(2)25-12)18-9-17-15(4-3-5-21-17)19(22-18)24-11-14-10-20-6-7-23-14/h3-5,8-9,14,20H,6-7,10-11H2,1-2H3/t14-/m0/s1. The van der Waals surface area contributed by atoms with Crippen LogP contribution < -0.4 is 10.1 Å². The smallest absolute Gasteiger partial charge is 0.223 e. The number of nitrogens with one attached hydrogen (secondary N) is 1. The average Bonchev–Trinajstić information content (AvgIpc) is 2.98. The van der Waals surface area contributed by atoms with E-state index in [0.717, 1.165) is 41.9 Å². The first-order valence-corrected chi connectivity index (χ1v) is 9.30. The van der Waals surface area contributed by atoms with Crippen LogP contribution in [0.1, 0.15) is 9.75 Å². The van der Waals surface area contributed by atoms with Gasteiger partial charge in [-0.3, -0.25) is 4.98 Å². The molecule has 0 aromatic carbocycles. The quantitative estimate of drug-likeness (QED) is 0.778. The van der Waals surface area contributed by atoms with E-state index in [-0.39, 0.29) is 6.10 Å². The summed E-state index contributed by atoms with van der Waals surface area (Å²) in [6.45, 7) is 7.14. The number of nitrogens with zero attached hydrogens (tertiary/aromatic N) is 2. The Kier molecular flexibility index (Phi) is 4.65. The number of hydrogen-bond donors (Lipinski definition) is 1. The third-order valence-corrected chi connectivity index (χ3v) is 5.26. The van der Waals surface area contributed by atoms with Gasteiger partial charge in [-0.05, 0) is 38.1 Å². The Balaban J connectivity index is 1.69. The summed E-state index contributed by atoms with van der Waals surface area (Å²) >= 11 is 1.78. The highest BCUT2D eigenvalue weighted by Crippen LogP contribution is 2.33. The Morgan fingerprint density at radius 3 is 3.04 bits per heavy atom. The molecule has 3 aromatic rings. The van der Waals surface area contributed by atoms with Crippen LogP contribution in [-0.2, 0) is 4.74 Å². The lowest BCUT2D eigenvalue weighted by Crippen LogP contribution is -2.41. The predicted molar refractivity (Wildman–Crippen MR) is 100 cm³/mol. The minimum atomic E-state index is 0.0519. The molecule has 5 nitrogen and oxygen atoms in total. The normalized spacial score (nSPS) is 17.8. The van der Waals surface area contributed by atoms with Gasteiger partial charge in [-0.25, -0.2) is 4.98 Å². The second kappa shape index (κ2) is 7.07. The number of aryl methyl sites for hydroxylation is 2. The molecule has 1 aliphatic rings. The highest BCUT2D eigenvalue weighted by Gasteiger charge is 2.17. The Morgan fingerprint density at radius 2 is 2.28 bits per heavy atom. The zero-order valence-corrected chi connectivity index (χ0v) is 15.2. The van der Waals surface area contributed by atoms with Crippen molar-refractivity contribution in [1.82, 2.24) is 15.3 Å². The Bertz CT molecular complexity index is 888. The molecule has 0 aliphatic carbocycles. The van der Waals surface area contributed by atoms with Crippen LogP contribution in [0.15, 0.2) is 30.5 Å². The molecule has 6 heteroatoms. The summed E-state index contributed by atoms with van der Waals surface area (Å²) in [6, 6.07) is 8.12. The summed E-state index contributed by atoms with van der Waals surface area (Å²) in [5.74, 6) is 0.623. The van der Waals surface area contributed by atoms with Gasteiger partial charge in [-0.1, -0.05) is 0 Å². The maximum Gasteiger partial charge on any atom is 0.223 e. The number of hydrogen-bond acceptors (Lipinski definition) is 6.